The van der Waals surface area contributed by atoms with Crippen LogP contribution < -0.4 is 11.1 Å². The molecule has 1 heterocycles. The third-order valence-electron chi connectivity index (χ3n) is 2.42. The Hall–Kier alpha value is -0.220. The second-order valence-electron chi connectivity index (χ2n) is 3.60. The molecule has 0 aromatic carbocycles. The van der Waals surface area contributed by atoms with Gasteiger partial charge in [0.25, 0.3) is 0 Å². The summed E-state index contributed by atoms with van der Waals surface area (Å²) in [6.45, 7) is 2.59. The molecule has 3 nitrogen and oxygen atoms in total. The summed E-state index contributed by atoms with van der Waals surface area (Å²) in [5.41, 5.74) is 5.17. The molecule has 1 aliphatic rings. The van der Waals surface area contributed by atoms with E-state index in [-0.39, 0.29) is 11.8 Å². The average molecular weight is 202 g/mol. The molecule has 1 fully saturated rings. The quantitative estimate of drug-likeness (QED) is 0.701. The summed E-state index contributed by atoms with van der Waals surface area (Å²) in [7, 11) is 0. The minimum Gasteiger partial charge on any atom is -0.369 e. The molecule has 0 aromatic heterocycles. The summed E-state index contributed by atoms with van der Waals surface area (Å²) >= 11 is 2.01. The molecule has 1 unspecified atom stereocenters. The molecule has 4 heteroatoms. The van der Waals surface area contributed by atoms with Crippen molar-refractivity contribution >= 4 is 17.7 Å². The molecule has 1 aliphatic heterocycles. The van der Waals surface area contributed by atoms with Crippen molar-refractivity contribution in [3.05, 3.63) is 0 Å². The van der Waals surface area contributed by atoms with Crippen molar-refractivity contribution in [1.29, 1.82) is 0 Å². The van der Waals surface area contributed by atoms with Crippen LogP contribution in [-0.4, -0.2) is 30.0 Å². The van der Waals surface area contributed by atoms with E-state index in [1.54, 1.807) is 0 Å². The molecule has 0 aliphatic carbocycles. The Kier molecular flexibility index (Phi) is 4.59. The van der Waals surface area contributed by atoms with E-state index in [1.807, 2.05) is 18.7 Å². The Morgan fingerprint density at radius 3 is 2.77 bits per heavy atom. The van der Waals surface area contributed by atoms with Crippen LogP contribution in [0.25, 0.3) is 0 Å². The number of nitrogens with one attached hydrogen (secondary N) is 1. The number of nitrogens with two attached hydrogens (primary N) is 1. The number of hydrogen-bond acceptors (Lipinski definition) is 3. The predicted molar refractivity (Wildman–Crippen MR) is 56.7 cm³/mol. The van der Waals surface area contributed by atoms with Crippen LogP contribution in [0, 0.1) is 5.92 Å². The summed E-state index contributed by atoms with van der Waals surface area (Å²) in [4.78, 5) is 10.8. The Balaban J connectivity index is 2.13. The molecule has 1 amide bonds. The molecule has 0 spiro atoms. The molecule has 76 valence electrons. The van der Waals surface area contributed by atoms with Crippen molar-refractivity contribution in [1.82, 2.24) is 5.32 Å². The zero-order valence-corrected chi connectivity index (χ0v) is 8.90. The highest BCUT2D eigenvalue weighted by Gasteiger charge is 2.15. The zero-order valence-electron chi connectivity index (χ0n) is 8.08. The largest absolute Gasteiger partial charge is 0.369 e. The minimum absolute atomic E-state index is 0.0467. The molecular weight excluding hydrogens is 184 g/mol. The van der Waals surface area contributed by atoms with Crippen molar-refractivity contribution in [3.8, 4) is 0 Å². The molecule has 0 radical (unpaired) electrons. The van der Waals surface area contributed by atoms with E-state index in [4.69, 9.17) is 5.73 Å². The van der Waals surface area contributed by atoms with E-state index >= 15 is 0 Å². The lowest BCUT2D eigenvalue weighted by atomic mass is 10.1. The number of carbonyl (C=O) groups is 1. The van der Waals surface area contributed by atoms with Gasteiger partial charge in [0.15, 0.2) is 0 Å². The van der Waals surface area contributed by atoms with E-state index in [1.165, 1.54) is 24.3 Å². The second-order valence-corrected chi connectivity index (χ2v) is 4.82. The van der Waals surface area contributed by atoms with Crippen molar-refractivity contribution in [2.24, 2.45) is 11.7 Å². The molecule has 13 heavy (non-hydrogen) atoms. The van der Waals surface area contributed by atoms with Crippen LogP contribution in [0.1, 0.15) is 19.8 Å². The van der Waals surface area contributed by atoms with Gasteiger partial charge in [-0.3, -0.25) is 4.79 Å². The summed E-state index contributed by atoms with van der Waals surface area (Å²) < 4.78 is 0. The Morgan fingerprint density at radius 1 is 1.62 bits per heavy atom. The molecule has 3 N–H and O–H groups in total. The van der Waals surface area contributed by atoms with Gasteiger partial charge in [-0.25, -0.2) is 0 Å². The smallest absolute Gasteiger partial charge is 0.221 e. The third-order valence-corrected chi connectivity index (χ3v) is 3.47. The van der Waals surface area contributed by atoms with Crippen LogP contribution in [0.15, 0.2) is 0 Å². The monoisotopic (exact) mass is 202 g/mol. The summed E-state index contributed by atoms with van der Waals surface area (Å²) in [6.07, 6.45) is 2.44. The highest BCUT2D eigenvalue weighted by atomic mass is 32.2. The predicted octanol–water partition coefficient (Wildman–Crippen LogP) is 0.593. The lowest BCUT2D eigenvalue weighted by molar-refractivity contribution is -0.121. The van der Waals surface area contributed by atoms with Crippen LogP contribution in [0.3, 0.4) is 0 Å². The van der Waals surface area contributed by atoms with Gasteiger partial charge in [-0.15, -0.1) is 0 Å². The molecule has 1 rings (SSSR count). The number of primary amides is 1. The molecule has 0 bridgehead atoms. The highest BCUT2D eigenvalue weighted by Crippen LogP contribution is 2.16. The van der Waals surface area contributed by atoms with E-state index in [9.17, 15) is 4.79 Å². The highest BCUT2D eigenvalue weighted by molar-refractivity contribution is 7.99. The van der Waals surface area contributed by atoms with Gasteiger partial charge in [-0.1, -0.05) is 6.92 Å². The fraction of sp³-hybridized carbons (Fsp3) is 0.889. The van der Waals surface area contributed by atoms with E-state index < -0.39 is 0 Å². The SMILES string of the molecule is CC(CNC1CCSCC1)C(N)=O. The summed E-state index contributed by atoms with van der Waals surface area (Å²) in [6, 6.07) is 0.600. The molecule has 1 atom stereocenters. The lowest BCUT2D eigenvalue weighted by Gasteiger charge is -2.23. The normalized spacial score (nSPS) is 21.3. The second kappa shape index (κ2) is 5.50. The van der Waals surface area contributed by atoms with E-state index in [0.29, 0.717) is 6.04 Å². The van der Waals surface area contributed by atoms with Gasteiger partial charge in [-0.2, -0.15) is 11.8 Å². The topological polar surface area (TPSA) is 55.1 Å². The number of carbonyl (C=O) groups excluding carboxylic acids is 1. The van der Waals surface area contributed by atoms with Gasteiger partial charge in [0.2, 0.25) is 5.91 Å². The van der Waals surface area contributed by atoms with Gasteiger partial charge in [-0.05, 0) is 24.3 Å². The zero-order chi connectivity index (χ0) is 9.68. The van der Waals surface area contributed by atoms with Gasteiger partial charge in [0.1, 0.15) is 0 Å². The van der Waals surface area contributed by atoms with Crippen LogP contribution >= 0.6 is 11.8 Å². The van der Waals surface area contributed by atoms with Crippen molar-refractivity contribution in [2.45, 2.75) is 25.8 Å². The first kappa shape index (κ1) is 10.9. The van der Waals surface area contributed by atoms with Crippen LogP contribution in [0.5, 0.6) is 0 Å². The van der Waals surface area contributed by atoms with E-state index in [2.05, 4.69) is 5.32 Å². The summed E-state index contributed by atoms with van der Waals surface area (Å²) in [5, 5.41) is 3.39. The molecule has 1 saturated heterocycles. The number of thioether (sulfide) groups is 1. The van der Waals surface area contributed by atoms with Gasteiger partial charge in [0.05, 0.1) is 0 Å². The maximum absolute atomic E-state index is 10.8. The first-order chi connectivity index (χ1) is 6.20. The lowest BCUT2D eigenvalue weighted by Crippen LogP contribution is -2.38. The van der Waals surface area contributed by atoms with Crippen molar-refractivity contribution < 1.29 is 4.79 Å². The maximum atomic E-state index is 10.8. The fourth-order valence-corrected chi connectivity index (χ4v) is 2.45. The van der Waals surface area contributed by atoms with Crippen LogP contribution in [0.4, 0.5) is 0 Å². The van der Waals surface area contributed by atoms with Crippen LogP contribution in [0.2, 0.25) is 0 Å². The minimum atomic E-state index is -0.210. The standard InChI is InChI=1S/C9H18N2OS/c1-7(9(10)12)6-11-8-2-4-13-5-3-8/h7-8,11H,2-6H2,1H3,(H2,10,12). The summed E-state index contributed by atoms with van der Waals surface area (Å²) in [5.74, 6) is 2.22. The Morgan fingerprint density at radius 2 is 2.23 bits per heavy atom. The molecular formula is C9H18N2OS. The van der Waals surface area contributed by atoms with E-state index in [0.717, 1.165) is 6.54 Å². The van der Waals surface area contributed by atoms with Gasteiger partial charge < -0.3 is 11.1 Å². The third kappa shape index (κ3) is 4.00. The number of rotatable bonds is 4. The average Bonchev–Trinajstić information content (AvgIpc) is 2.15. The fourth-order valence-electron chi connectivity index (χ4n) is 1.35. The Labute approximate surface area is 83.8 Å². The Bertz CT molecular complexity index is 169. The van der Waals surface area contributed by atoms with Gasteiger partial charge >= 0.3 is 0 Å². The number of amides is 1. The first-order valence-corrected chi connectivity index (χ1v) is 5.96. The van der Waals surface area contributed by atoms with Crippen molar-refractivity contribution in [3.63, 3.8) is 0 Å². The maximum Gasteiger partial charge on any atom is 0.221 e. The van der Waals surface area contributed by atoms with Crippen molar-refractivity contribution in [2.75, 3.05) is 18.1 Å². The van der Waals surface area contributed by atoms with Gasteiger partial charge in [0, 0.05) is 18.5 Å². The first-order valence-electron chi connectivity index (χ1n) is 4.80. The molecule has 0 saturated carbocycles. The van der Waals surface area contributed by atoms with Crippen LogP contribution in [-0.2, 0) is 4.79 Å². The molecule has 0 aromatic rings. The number of hydrogen-bond donors (Lipinski definition) is 2.